The summed E-state index contributed by atoms with van der Waals surface area (Å²) in [6.45, 7) is 1.24. The summed E-state index contributed by atoms with van der Waals surface area (Å²) in [5.74, 6) is -1.78. The Bertz CT molecular complexity index is 1710. The van der Waals surface area contributed by atoms with Gasteiger partial charge < -0.3 is 38.3 Å². The summed E-state index contributed by atoms with van der Waals surface area (Å²) in [5, 5.41) is 20.9. The largest absolute Gasteiger partial charge is 0.507 e. The molecule has 0 saturated carbocycles. The molecule has 4 aromatic rings. The van der Waals surface area contributed by atoms with Crippen LogP contribution in [0.2, 0.25) is 0 Å². The van der Waals surface area contributed by atoms with Crippen molar-refractivity contribution in [1.82, 2.24) is 0 Å². The molecule has 0 spiro atoms. The molecule has 1 aromatic heterocycles. The van der Waals surface area contributed by atoms with Crippen LogP contribution in [0.5, 0.6) is 40.2 Å². The number of benzene rings is 3. The van der Waals surface area contributed by atoms with Crippen molar-refractivity contribution in [3.8, 4) is 51.6 Å². The third-order valence-corrected chi connectivity index (χ3v) is 6.52. The maximum absolute atomic E-state index is 13.2. The van der Waals surface area contributed by atoms with Crippen molar-refractivity contribution in [1.29, 1.82) is 0 Å². The van der Waals surface area contributed by atoms with E-state index in [9.17, 15) is 24.6 Å². The zero-order valence-corrected chi connectivity index (χ0v) is 21.9. The Morgan fingerprint density at radius 2 is 1.57 bits per heavy atom. The van der Waals surface area contributed by atoms with Gasteiger partial charge in [-0.05, 0) is 35.9 Å². The number of phenolic OH excluding ortho intramolecular Hbond substituents is 2. The third-order valence-electron chi connectivity index (χ3n) is 6.52. The van der Waals surface area contributed by atoms with Gasteiger partial charge in [-0.25, -0.2) is 0 Å². The zero-order chi connectivity index (χ0) is 28.7. The number of rotatable bonds is 6. The van der Waals surface area contributed by atoms with E-state index in [4.69, 9.17) is 28.1 Å². The first kappa shape index (κ1) is 26.4. The Labute approximate surface area is 227 Å². The van der Waals surface area contributed by atoms with Gasteiger partial charge in [0.25, 0.3) is 0 Å². The Hall–Kier alpha value is -5.19. The first-order valence-electron chi connectivity index (χ1n) is 12.0. The van der Waals surface area contributed by atoms with Gasteiger partial charge in [-0.3, -0.25) is 14.4 Å². The summed E-state index contributed by atoms with van der Waals surface area (Å²) in [5.41, 5.74) is 0.640. The van der Waals surface area contributed by atoms with Crippen LogP contribution in [-0.2, 0) is 9.59 Å². The van der Waals surface area contributed by atoms with E-state index >= 15 is 0 Å². The van der Waals surface area contributed by atoms with Crippen molar-refractivity contribution < 1.29 is 47.9 Å². The van der Waals surface area contributed by atoms with Gasteiger partial charge in [-0.15, -0.1) is 0 Å². The van der Waals surface area contributed by atoms with Gasteiger partial charge >= 0.3 is 11.9 Å². The van der Waals surface area contributed by atoms with Crippen molar-refractivity contribution >= 4 is 22.9 Å². The van der Waals surface area contributed by atoms with Gasteiger partial charge in [0.2, 0.25) is 5.75 Å². The highest BCUT2D eigenvalue weighted by Gasteiger charge is 2.35. The zero-order valence-electron chi connectivity index (χ0n) is 21.9. The molecule has 11 nitrogen and oxygen atoms in total. The molecule has 206 valence electrons. The van der Waals surface area contributed by atoms with Crippen LogP contribution in [0, 0.1) is 0 Å². The number of hydrogen-bond acceptors (Lipinski definition) is 11. The van der Waals surface area contributed by atoms with Crippen LogP contribution >= 0.6 is 0 Å². The molecule has 5 rings (SSSR count). The van der Waals surface area contributed by atoms with Gasteiger partial charge in [-0.1, -0.05) is 0 Å². The fourth-order valence-electron chi connectivity index (χ4n) is 4.77. The first-order chi connectivity index (χ1) is 19.1. The lowest BCUT2D eigenvalue weighted by molar-refractivity contribution is -0.135. The molecule has 11 heteroatoms. The van der Waals surface area contributed by atoms with Crippen LogP contribution in [0.3, 0.4) is 0 Å². The quantitative estimate of drug-likeness (QED) is 0.263. The van der Waals surface area contributed by atoms with E-state index in [2.05, 4.69) is 0 Å². The lowest BCUT2D eigenvalue weighted by Gasteiger charge is -2.27. The third kappa shape index (κ3) is 4.51. The predicted molar refractivity (Wildman–Crippen MR) is 141 cm³/mol. The molecule has 1 atom stereocenters. The Balaban J connectivity index is 1.78. The number of phenols is 2. The minimum Gasteiger partial charge on any atom is -0.507 e. The standard InChI is InChI=1S/C29H24O11/c1-13(30)38-28-23(36-3)8-15(9-24(28)37-4)16-10-25(34)39-22-12-19(33)27-18(32)11-21(40-29(27)26(16)22)14-5-6-20(35-2)17(31)7-14/h5-9,11-12,16,31,33H,10H2,1-4H3/t16-/m0/s1. The van der Waals surface area contributed by atoms with E-state index < -0.39 is 29.0 Å². The van der Waals surface area contributed by atoms with Gasteiger partial charge in [0.1, 0.15) is 28.2 Å². The van der Waals surface area contributed by atoms with E-state index in [1.807, 2.05) is 0 Å². The summed E-state index contributed by atoms with van der Waals surface area (Å²) in [7, 11) is 4.18. The van der Waals surface area contributed by atoms with Crippen LogP contribution < -0.4 is 29.1 Å². The number of aromatic hydroxyl groups is 2. The summed E-state index contributed by atoms with van der Waals surface area (Å²) < 4.78 is 32.9. The highest BCUT2D eigenvalue weighted by molar-refractivity contribution is 5.93. The van der Waals surface area contributed by atoms with E-state index in [0.717, 1.165) is 0 Å². The number of methoxy groups -OCH3 is 3. The molecule has 40 heavy (non-hydrogen) atoms. The first-order valence-corrected chi connectivity index (χ1v) is 12.0. The summed E-state index contributed by atoms with van der Waals surface area (Å²) in [4.78, 5) is 37.6. The Morgan fingerprint density at radius 1 is 0.900 bits per heavy atom. The van der Waals surface area contributed by atoms with E-state index in [-0.39, 0.29) is 57.6 Å². The summed E-state index contributed by atoms with van der Waals surface area (Å²) in [6.07, 6.45) is -0.149. The fourth-order valence-corrected chi connectivity index (χ4v) is 4.77. The minimum atomic E-state index is -0.740. The molecule has 1 aliphatic heterocycles. The van der Waals surface area contributed by atoms with Crippen molar-refractivity contribution in [3.05, 3.63) is 63.8 Å². The lowest BCUT2D eigenvalue weighted by Crippen LogP contribution is -2.22. The average Bonchev–Trinajstić information content (AvgIpc) is 2.91. The predicted octanol–water partition coefficient (Wildman–Crippen LogP) is 4.26. The number of carbonyl (C=O) groups is 2. The molecule has 0 aliphatic carbocycles. The topological polar surface area (TPSA) is 151 Å². The fraction of sp³-hybridized carbons (Fsp3) is 0.207. The van der Waals surface area contributed by atoms with Crippen LogP contribution in [0.25, 0.3) is 22.3 Å². The summed E-state index contributed by atoms with van der Waals surface area (Å²) >= 11 is 0. The van der Waals surface area contributed by atoms with Crippen LogP contribution in [0.4, 0.5) is 0 Å². The molecule has 0 fully saturated rings. The van der Waals surface area contributed by atoms with E-state index in [0.29, 0.717) is 16.7 Å². The highest BCUT2D eigenvalue weighted by atomic mass is 16.6. The summed E-state index contributed by atoms with van der Waals surface area (Å²) in [6, 6.07) is 10.0. The monoisotopic (exact) mass is 548 g/mol. The number of fused-ring (bicyclic) bond motifs is 3. The maximum atomic E-state index is 13.2. The number of ether oxygens (including phenoxy) is 5. The Kier molecular flexibility index (Phi) is 6.72. The normalized spacial score (nSPS) is 14.3. The second-order valence-corrected chi connectivity index (χ2v) is 8.95. The van der Waals surface area contributed by atoms with Gasteiger partial charge in [0.05, 0.1) is 27.8 Å². The van der Waals surface area contributed by atoms with E-state index in [1.54, 1.807) is 18.2 Å². The van der Waals surface area contributed by atoms with Crippen LogP contribution in [0.1, 0.15) is 30.4 Å². The van der Waals surface area contributed by atoms with Gasteiger partial charge in [0, 0.05) is 36.1 Å². The number of carbonyl (C=O) groups excluding carboxylic acids is 2. The second-order valence-electron chi connectivity index (χ2n) is 8.95. The maximum Gasteiger partial charge on any atom is 0.312 e. The van der Waals surface area contributed by atoms with Crippen molar-refractivity contribution in [2.75, 3.05) is 21.3 Å². The molecule has 0 saturated heterocycles. The molecule has 0 unspecified atom stereocenters. The smallest absolute Gasteiger partial charge is 0.312 e. The SMILES string of the molecule is COc1ccc(-c2cc(=O)c3c(O)cc4c(c3o2)[C@H](c2cc(OC)c(OC(C)=O)c(OC)c2)CC(=O)O4)cc1O. The minimum absolute atomic E-state index is 0.00567. The number of hydrogen-bond donors (Lipinski definition) is 2. The number of esters is 2. The molecule has 0 radical (unpaired) electrons. The molecule has 1 aliphatic rings. The van der Waals surface area contributed by atoms with Crippen molar-refractivity contribution in [2.24, 2.45) is 0 Å². The second kappa shape index (κ2) is 10.2. The Morgan fingerprint density at radius 3 is 2.17 bits per heavy atom. The molecule has 3 aromatic carbocycles. The molecule has 2 heterocycles. The van der Waals surface area contributed by atoms with Gasteiger partial charge in [-0.2, -0.15) is 0 Å². The van der Waals surface area contributed by atoms with Crippen molar-refractivity contribution in [3.63, 3.8) is 0 Å². The van der Waals surface area contributed by atoms with E-state index in [1.165, 1.54) is 52.5 Å². The molecule has 0 amide bonds. The molecular weight excluding hydrogens is 524 g/mol. The molecule has 0 bridgehead atoms. The van der Waals surface area contributed by atoms with Crippen LogP contribution in [-0.4, -0.2) is 43.5 Å². The van der Waals surface area contributed by atoms with Gasteiger partial charge in [0.15, 0.2) is 28.4 Å². The lowest BCUT2D eigenvalue weighted by atomic mass is 9.84. The molecular formula is C29H24O11. The average molecular weight is 549 g/mol. The van der Waals surface area contributed by atoms with Crippen LogP contribution in [0.15, 0.2) is 51.7 Å². The van der Waals surface area contributed by atoms with Crippen molar-refractivity contribution in [2.45, 2.75) is 19.3 Å². The molecule has 2 N–H and O–H groups in total. The highest BCUT2D eigenvalue weighted by Crippen LogP contribution is 2.49.